The Hall–Kier alpha value is -1.80. The van der Waals surface area contributed by atoms with E-state index in [9.17, 15) is 13.2 Å². The van der Waals surface area contributed by atoms with E-state index >= 15 is 0 Å². The highest BCUT2D eigenvalue weighted by atomic mass is 32.2. The molecule has 128 valence electrons. The Kier molecular flexibility index (Phi) is 5.84. The Morgan fingerprint density at radius 3 is 2.87 bits per heavy atom. The number of nitrogens with zero attached hydrogens (tertiary/aromatic N) is 1. The maximum absolute atomic E-state index is 12.2. The number of rotatable bonds is 7. The van der Waals surface area contributed by atoms with Crippen LogP contribution >= 0.6 is 0 Å². The molecule has 2 rings (SSSR count). The molecule has 1 aliphatic rings. The quantitative estimate of drug-likeness (QED) is 0.740. The van der Waals surface area contributed by atoms with Gasteiger partial charge < -0.3 is 14.8 Å². The van der Waals surface area contributed by atoms with Crippen LogP contribution in [0.5, 0.6) is 5.75 Å². The van der Waals surface area contributed by atoms with Gasteiger partial charge in [-0.15, -0.1) is 0 Å². The third kappa shape index (κ3) is 4.59. The zero-order valence-electron chi connectivity index (χ0n) is 13.3. The Morgan fingerprint density at radius 1 is 1.43 bits per heavy atom. The second-order valence-corrected chi connectivity index (χ2v) is 7.12. The van der Waals surface area contributed by atoms with Crippen molar-refractivity contribution in [3.05, 3.63) is 24.3 Å². The molecule has 1 aromatic rings. The van der Waals surface area contributed by atoms with Crippen LogP contribution < -0.4 is 14.4 Å². The first kappa shape index (κ1) is 17.6. The fraction of sp³-hybridized carbons (Fsp3) is 0.533. The summed E-state index contributed by atoms with van der Waals surface area (Å²) in [5.74, 6) is 0.0586. The summed E-state index contributed by atoms with van der Waals surface area (Å²) in [6.45, 7) is 3.54. The summed E-state index contributed by atoms with van der Waals surface area (Å²) in [5.41, 5.74) is 0.454. The molecule has 0 bridgehead atoms. The molecule has 1 aromatic carbocycles. The Balaban J connectivity index is 2.04. The normalized spacial score (nSPS) is 17.3. The molecule has 1 amide bonds. The highest BCUT2D eigenvalue weighted by Crippen LogP contribution is 2.34. The number of benzene rings is 1. The van der Waals surface area contributed by atoms with Gasteiger partial charge in [-0.05, 0) is 25.5 Å². The van der Waals surface area contributed by atoms with Crippen molar-refractivity contribution in [3.8, 4) is 5.75 Å². The first-order valence-corrected chi connectivity index (χ1v) is 9.37. The van der Waals surface area contributed by atoms with Crippen LogP contribution in [-0.2, 0) is 19.6 Å². The monoisotopic (exact) mass is 342 g/mol. The fourth-order valence-corrected chi connectivity index (χ4v) is 3.21. The van der Waals surface area contributed by atoms with Gasteiger partial charge in [0, 0.05) is 19.8 Å². The summed E-state index contributed by atoms with van der Waals surface area (Å²) < 4.78 is 36.0. The van der Waals surface area contributed by atoms with E-state index in [4.69, 9.17) is 9.47 Å². The first-order chi connectivity index (χ1) is 10.9. The molecular weight excluding hydrogens is 320 g/mol. The van der Waals surface area contributed by atoms with Crippen molar-refractivity contribution in [2.45, 2.75) is 19.4 Å². The van der Waals surface area contributed by atoms with Crippen molar-refractivity contribution in [3.63, 3.8) is 0 Å². The lowest BCUT2D eigenvalue weighted by Crippen LogP contribution is -2.50. The largest absolute Gasteiger partial charge is 0.476 e. The SMILES string of the molecule is CCOCCCNC(=O)[C@@H]1CN(S(C)(=O)=O)c2ccccc2O1. The number of para-hydroxylation sites is 2. The topological polar surface area (TPSA) is 84.9 Å². The van der Waals surface area contributed by atoms with Gasteiger partial charge in [-0.25, -0.2) is 8.42 Å². The van der Waals surface area contributed by atoms with Crippen LogP contribution in [0.25, 0.3) is 0 Å². The molecule has 1 N–H and O–H groups in total. The molecule has 0 radical (unpaired) electrons. The average molecular weight is 342 g/mol. The fourth-order valence-electron chi connectivity index (χ4n) is 2.30. The lowest BCUT2D eigenvalue weighted by molar-refractivity contribution is -0.127. The minimum absolute atomic E-state index is 0.0346. The van der Waals surface area contributed by atoms with Gasteiger partial charge in [0.1, 0.15) is 5.75 Å². The maximum Gasteiger partial charge on any atom is 0.263 e. The molecule has 0 saturated carbocycles. The van der Waals surface area contributed by atoms with Gasteiger partial charge in [0.2, 0.25) is 10.0 Å². The van der Waals surface area contributed by atoms with Crippen molar-refractivity contribution >= 4 is 21.6 Å². The van der Waals surface area contributed by atoms with Crippen LogP contribution in [0.4, 0.5) is 5.69 Å². The highest BCUT2D eigenvalue weighted by molar-refractivity contribution is 7.92. The summed E-state index contributed by atoms with van der Waals surface area (Å²) in [6, 6.07) is 6.78. The van der Waals surface area contributed by atoms with E-state index in [-0.39, 0.29) is 12.5 Å². The van der Waals surface area contributed by atoms with Crippen LogP contribution in [0, 0.1) is 0 Å². The second-order valence-electron chi connectivity index (χ2n) is 5.21. The van der Waals surface area contributed by atoms with Crippen LogP contribution in [0.15, 0.2) is 24.3 Å². The molecule has 0 unspecified atom stereocenters. The summed E-state index contributed by atoms with van der Waals surface area (Å²) in [5, 5.41) is 2.75. The number of hydrogen-bond acceptors (Lipinski definition) is 5. The number of anilines is 1. The Morgan fingerprint density at radius 2 is 2.17 bits per heavy atom. The number of carbonyl (C=O) groups is 1. The molecule has 1 atom stereocenters. The second kappa shape index (κ2) is 7.65. The number of sulfonamides is 1. The average Bonchev–Trinajstić information content (AvgIpc) is 2.52. The van der Waals surface area contributed by atoms with Gasteiger partial charge in [-0.1, -0.05) is 12.1 Å². The molecule has 0 spiro atoms. The molecule has 8 heteroatoms. The molecule has 7 nitrogen and oxygen atoms in total. The van der Waals surface area contributed by atoms with E-state index in [1.807, 2.05) is 6.92 Å². The van der Waals surface area contributed by atoms with Crippen molar-refractivity contribution in [2.24, 2.45) is 0 Å². The molecule has 0 saturated heterocycles. The van der Waals surface area contributed by atoms with Gasteiger partial charge in [0.25, 0.3) is 5.91 Å². The van der Waals surface area contributed by atoms with E-state index in [0.717, 1.165) is 6.26 Å². The van der Waals surface area contributed by atoms with Gasteiger partial charge in [-0.3, -0.25) is 9.10 Å². The van der Waals surface area contributed by atoms with Gasteiger partial charge >= 0.3 is 0 Å². The van der Waals surface area contributed by atoms with Crippen LogP contribution in [-0.4, -0.2) is 53.0 Å². The summed E-state index contributed by atoms with van der Waals surface area (Å²) in [4.78, 5) is 12.2. The minimum Gasteiger partial charge on any atom is -0.476 e. The van der Waals surface area contributed by atoms with Crippen LogP contribution in [0.3, 0.4) is 0 Å². The first-order valence-electron chi connectivity index (χ1n) is 7.52. The van der Waals surface area contributed by atoms with E-state index < -0.39 is 16.1 Å². The zero-order chi connectivity index (χ0) is 16.9. The Labute approximate surface area is 136 Å². The van der Waals surface area contributed by atoms with Gasteiger partial charge in [0.15, 0.2) is 6.10 Å². The molecule has 1 heterocycles. The molecular formula is C15H22N2O5S. The molecule has 0 fully saturated rings. The van der Waals surface area contributed by atoms with E-state index in [1.54, 1.807) is 24.3 Å². The number of ether oxygens (including phenoxy) is 2. The van der Waals surface area contributed by atoms with Crippen LogP contribution in [0.1, 0.15) is 13.3 Å². The standard InChI is InChI=1S/C15H22N2O5S/c1-3-21-10-6-9-16-15(18)14-11-17(23(2,19)20)12-7-4-5-8-13(12)22-14/h4-5,7-8,14H,3,6,9-11H2,1-2H3,(H,16,18)/t14-/m0/s1. The number of carbonyl (C=O) groups excluding carboxylic acids is 1. The predicted octanol–water partition coefficient (Wildman–Crippen LogP) is 0.756. The number of hydrogen-bond donors (Lipinski definition) is 1. The van der Waals surface area contributed by atoms with E-state index in [1.165, 1.54) is 4.31 Å². The summed E-state index contributed by atoms with van der Waals surface area (Å²) in [7, 11) is -3.48. The number of amides is 1. The Bertz CT molecular complexity index is 647. The van der Waals surface area contributed by atoms with Crippen molar-refractivity contribution < 1.29 is 22.7 Å². The van der Waals surface area contributed by atoms with E-state index in [2.05, 4.69) is 5.32 Å². The summed E-state index contributed by atoms with van der Waals surface area (Å²) in [6.07, 6.45) is 0.942. The van der Waals surface area contributed by atoms with Gasteiger partial charge in [-0.2, -0.15) is 0 Å². The highest BCUT2D eigenvalue weighted by Gasteiger charge is 2.34. The maximum atomic E-state index is 12.2. The van der Waals surface area contributed by atoms with Crippen molar-refractivity contribution in [1.29, 1.82) is 0 Å². The minimum atomic E-state index is -3.48. The third-order valence-corrected chi connectivity index (χ3v) is 4.54. The summed E-state index contributed by atoms with van der Waals surface area (Å²) >= 11 is 0. The third-order valence-electron chi connectivity index (χ3n) is 3.40. The predicted molar refractivity (Wildman–Crippen MR) is 87.2 cm³/mol. The van der Waals surface area contributed by atoms with Gasteiger partial charge in [0.05, 0.1) is 18.5 Å². The van der Waals surface area contributed by atoms with Crippen molar-refractivity contribution in [2.75, 3.05) is 36.9 Å². The van der Waals surface area contributed by atoms with E-state index in [0.29, 0.717) is 37.6 Å². The molecule has 1 aliphatic heterocycles. The lowest BCUT2D eigenvalue weighted by atomic mass is 10.2. The smallest absolute Gasteiger partial charge is 0.263 e. The van der Waals surface area contributed by atoms with Crippen molar-refractivity contribution in [1.82, 2.24) is 5.32 Å². The number of fused-ring (bicyclic) bond motifs is 1. The number of nitrogens with one attached hydrogen (secondary N) is 1. The molecule has 23 heavy (non-hydrogen) atoms. The lowest BCUT2D eigenvalue weighted by Gasteiger charge is -2.33. The molecule has 0 aromatic heterocycles. The zero-order valence-corrected chi connectivity index (χ0v) is 14.1. The van der Waals surface area contributed by atoms with Crippen LogP contribution in [0.2, 0.25) is 0 Å². The molecule has 0 aliphatic carbocycles.